The minimum Gasteiger partial charge on any atom is -0.366 e. The summed E-state index contributed by atoms with van der Waals surface area (Å²) in [6, 6.07) is 6.92. The van der Waals surface area contributed by atoms with Crippen molar-refractivity contribution in [1.82, 2.24) is 4.90 Å². The number of halogens is 3. The lowest BCUT2D eigenvalue weighted by atomic mass is 9.96. The quantitative estimate of drug-likeness (QED) is 0.780. The van der Waals surface area contributed by atoms with Crippen LogP contribution in [0.4, 0.5) is 18.9 Å². The molecular weight excluding hydrogens is 399 g/mol. The van der Waals surface area contributed by atoms with Gasteiger partial charge < -0.3 is 16.0 Å². The summed E-state index contributed by atoms with van der Waals surface area (Å²) >= 11 is 0. The number of hydrogen-bond donors (Lipinski definition) is 2. The zero-order chi connectivity index (χ0) is 21.8. The highest BCUT2D eigenvalue weighted by molar-refractivity contribution is 5.97. The van der Waals surface area contributed by atoms with E-state index >= 15 is 0 Å². The summed E-state index contributed by atoms with van der Waals surface area (Å²) in [5.41, 5.74) is 4.81. The Kier molecular flexibility index (Phi) is 6.39. The smallest absolute Gasteiger partial charge is 0.251 e. The van der Waals surface area contributed by atoms with Gasteiger partial charge >= 0.3 is 0 Å². The average Bonchev–Trinajstić information content (AvgIpc) is 2.71. The fourth-order valence-electron chi connectivity index (χ4n) is 3.37. The standard InChI is InChI=1S/C21H20F3N3O3/c22-14-5-3-12(4-6-14)8-19(28)27-7-1-2-13(11-27)21(30)26-18-9-15(20(25)29)16(23)10-17(18)24/h3-6,9-10,13H,1-2,7-8,11H2,(H2,25,29)(H,26,30). The van der Waals surface area contributed by atoms with Gasteiger partial charge in [-0.3, -0.25) is 14.4 Å². The molecule has 0 saturated carbocycles. The van der Waals surface area contributed by atoms with Gasteiger partial charge in [0.05, 0.1) is 23.6 Å². The number of carbonyl (C=O) groups is 3. The summed E-state index contributed by atoms with van der Waals surface area (Å²) < 4.78 is 40.6. The molecule has 1 atom stereocenters. The van der Waals surface area contributed by atoms with Gasteiger partial charge in [-0.05, 0) is 36.6 Å². The molecule has 0 bridgehead atoms. The molecule has 2 aromatic rings. The molecule has 3 rings (SSSR count). The number of primary amides is 1. The third-order valence-electron chi connectivity index (χ3n) is 4.99. The third-order valence-corrected chi connectivity index (χ3v) is 4.99. The average molecular weight is 419 g/mol. The number of nitrogens with one attached hydrogen (secondary N) is 1. The number of amides is 3. The molecule has 1 heterocycles. The van der Waals surface area contributed by atoms with Gasteiger partial charge in [0, 0.05) is 19.2 Å². The highest BCUT2D eigenvalue weighted by atomic mass is 19.1. The van der Waals surface area contributed by atoms with Gasteiger partial charge in [0.2, 0.25) is 11.8 Å². The lowest BCUT2D eigenvalue weighted by molar-refractivity contribution is -0.133. The lowest BCUT2D eigenvalue weighted by Gasteiger charge is -2.32. The molecule has 3 N–H and O–H groups in total. The summed E-state index contributed by atoms with van der Waals surface area (Å²) in [4.78, 5) is 37.9. The second kappa shape index (κ2) is 8.98. The van der Waals surface area contributed by atoms with E-state index in [0.717, 1.165) is 6.07 Å². The molecule has 1 aliphatic rings. The number of rotatable bonds is 5. The Bertz CT molecular complexity index is 979. The van der Waals surface area contributed by atoms with E-state index in [1.807, 2.05) is 0 Å². The molecule has 0 aromatic heterocycles. The number of carbonyl (C=O) groups excluding carboxylic acids is 3. The van der Waals surface area contributed by atoms with Crippen LogP contribution in [0.2, 0.25) is 0 Å². The molecule has 0 radical (unpaired) electrons. The summed E-state index contributed by atoms with van der Waals surface area (Å²) in [5.74, 6) is -4.98. The predicted molar refractivity (Wildman–Crippen MR) is 103 cm³/mol. The summed E-state index contributed by atoms with van der Waals surface area (Å²) in [6.45, 7) is 0.609. The van der Waals surface area contributed by atoms with Crippen LogP contribution in [0.25, 0.3) is 0 Å². The van der Waals surface area contributed by atoms with Crippen LogP contribution < -0.4 is 11.1 Å². The Morgan fingerprint density at radius 3 is 2.43 bits per heavy atom. The topological polar surface area (TPSA) is 92.5 Å². The Morgan fingerprint density at radius 2 is 1.77 bits per heavy atom. The van der Waals surface area contributed by atoms with E-state index < -0.39 is 40.7 Å². The number of nitrogens with two attached hydrogens (primary N) is 1. The van der Waals surface area contributed by atoms with Gasteiger partial charge in [-0.15, -0.1) is 0 Å². The van der Waals surface area contributed by atoms with Crippen LogP contribution in [0.15, 0.2) is 36.4 Å². The van der Waals surface area contributed by atoms with Crippen molar-refractivity contribution in [2.45, 2.75) is 19.3 Å². The minimum absolute atomic E-state index is 0.0726. The fourth-order valence-corrected chi connectivity index (χ4v) is 3.37. The summed E-state index contributed by atoms with van der Waals surface area (Å²) in [7, 11) is 0. The number of piperidine rings is 1. The maximum Gasteiger partial charge on any atom is 0.251 e. The van der Waals surface area contributed by atoms with E-state index in [-0.39, 0.29) is 24.6 Å². The number of anilines is 1. The molecule has 1 fully saturated rings. The summed E-state index contributed by atoms with van der Waals surface area (Å²) in [5, 5.41) is 2.35. The first-order chi connectivity index (χ1) is 14.2. The molecule has 1 saturated heterocycles. The highest BCUT2D eigenvalue weighted by Crippen LogP contribution is 2.23. The van der Waals surface area contributed by atoms with Crippen molar-refractivity contribution >= 4 is 23.4 Å². The van der Waals surface area contributed by atoms with E-state index in [2.05, 4.69) is 5.32 Å². The van der Waals surface area contributed by atoms with E-state index in [9.17, 15) is 27.6 Å². The predicted octanol–water partition coefficient (Wildman–Crippen LogP) is 2.62. The first-order valence-corrected chi connectivity index (χ1v) is 9.36. The molecule has 1 aliphatic heterocycles. The second-order valence-electron chi connectivity index (χ2n) is 7.15. The van der Waals surface area contributed by atoms with Crippen LogP contribution in [-0.2, 0) is 16.0 Å². The van der Waals surface area contributed by atoms with Crippen LogP contribution in [0.3, 0.4) is 0 Å². The van der Waals surface area contributed by atoms with Gasteiger partial charge in [0.25, 0.3) is 5.91 Å². The summed E-state index contributed by atoms with van der Waals surface area (Å²) in [6.07, 6.45) is 1.13. The van der Waals surface area contributed by atoms with Crippen molar-refractivity contribution in [3.8, 4) is 0 Å². The van der Waals surface area contributed by atoms with Gasteiger partial charge in [0.1, 0.15) is 17.5 Å². The Morgan fingerprint density at radius 1 is 1.07 bits per heavy atom. The van der Waals surface area contributed by atoms with Gasteiger partial charge in [-0.25, -0.2) is 13.2 Å². The van der Waals surface area contributed by atoms with Crippen molar-refractivity contribution in [2.24, 2.45) is 11.7 Å². The maximum absolute atomic E-state index is 14.0. The van der Waals surface area contributed by atoms with Crippen molar-refractivity contribution in [1.29, 1.82) is 0 Å². The monoisotopic (exact) mass is 419 g/mol. The van der Waals surface area contributed by atoms with Crippen molar-refractivity contribution in [2.75, 3.05) is 18.4 Å². The van der Waals surface area contributed by atoms with E-state index in [4.69, 9.17) is 5.73 Å². The van der Waals surface area contributed by atoms with E-state index in [1.165, 1.54) is 29.2 Å². The lowest BCUT2D eigenvalue weighted by Crippen LogP contribution is -2.44. The molecule has 2 aromatic carbocycles. The molecule has 6 nitrogen and oxygen atoms in total. The molecule has 3 amide bonds. The second-order valence-corrected chi connectivity index (χ2v) is 7.15. The van der Waals surface area contributed by atoms with Gasteiger partial charge in [0.15, 0.2) is 0 Å². The Hall–Kier alpha value is -3.36. The van der Waals surface area contributed by atoms with Crippen molar-refractivity contribution in [3.05, 3.63) is 65.0 Å². The molecule has 30 heavy (non-hydrogen) atoms. The highest BCUT2D eigenvalue weighted by Gasteiger charge is 2.29. The molecule has 158 valence electrons. The number of hydrogen-bond acceptors (Lipinski definition) is 3. The zero-order valence-electron chi connectivity index (χ0n) is 16.0. The van der Waals surface area contributed by atoms with E-state index in [1.54, 1.807) is 0 Å². The van der Waals surface area contributed by atoms with Gasteiger partial charge in [-0.2, -0.15) is 0 Å². The van der Waals surface area contributed by atoms with Crippen LogP contribution in [-0.4, -0.2) is 35.7 Å². The van der Waals surface area contributed by atoms with Crippen LogP contribution in [0, 0.1) is 23.4 Å². The molecule has 1 unspecified atom stereocenters. The zero-order valence-corrected chi connectivity index (χ0v) is 16.0. The van der Waals surface area contributed by atoms with Crippen LogP contribution in [0.1, 0.15) is 28.8 Å². The number of benzene rings is 2. The first-order valence-electron chi connectivity index (χ1n) is 9.36. The number of likely N-dealkylation sites (tertiary alicyclic amines) is 1. The molecule has 9 heteroatoms. The molecular formula is C21H20F3N3O3. The normalized spacial score (nSPS) is 16.2. The fraction of sp³-hybridized carbons (Fsp3) is 0.286. The van der Waals surface area contributed by atoms with Crippen LogP contribution >= 0.6 is 0 Å². The largest absolute Gasteiger partial charge is 0.366 e. The minimum atomic E-state index is -1.12. The van der Waals surface area contributed by atoms with Gasteiger partial charge in [-0.1, -0.05) is 12.1 Å². The first kappa shape index (κ1) is 21.4. The van der Waals surface area contributed by atoms with Crippen molar-refractivity contribution in [3.63, 3.8) is 0 Å². The number of nitrogens with zero attached hydrogens (tertiary/aromatic N) is 1. The maximum atomic E-state index is 14.0. The molecule has 0 spiro atoms. The van der Waals surface area contributed by atoms with E-state index in [0.29, 0.717) is 31.0 Å². The Labute approximate surface area is 170 Å². The Balaban J connectivity index is 1.65. The molecule has 0 aliphatic carbocycles. The van der Waals surface area contributed by atoms with Crippen molar-refractivity contribution < 1.29 is 27.6 Å². The van der Waals surface area contributed by atoms with Crippen LogP contribution in [0.5, 0.6) is 0 Å². The third kappa shape index (κ3) is 4.97. The SMILES string of the molecule is NC(=O)c1cc(NC(=O)C2CCCN(C(=O)Cc3ccc(F)cc3)C2)c(F)cc1F.